The van der Waals surface area contributed by atoms with Gasteiger partial charge in [-0.15, -0.1) is 0 Å². The summed E-state index contributed by atoms with van der Waals surface area (Å²) in [4.78, 5) is 37.0. The topological polar surface area (TPSA) is 91.4 Å². The summed E-state index contributed by atoms with van der Waals surface area (Å²) < 4.78 is 20.3. The van der Waals surface area contributed by atoms with Crippen LogP contribution < -0.4 is 9.47 Å². The van der Waals surface area contributed by atoms with Crippen molar-refractivity contribution in [2.24, 2.45) is 5.92 Å². The van der Waals surface area contributed by atoms with E-state index >= 15 is 0 Å². The number of amides is 1. The number of likely N-dealkylation sites (tertiary alicyclic amines) is 1. The fraction of sp³-hybridized carbons (Fsp3) is 0.450. The number of benzene rings is 1. The van der Waals surface area contributed by atoms with Gasteiger partial charge in [-0.3, -0.25) is 4.79 Å². The highest BCUT2D eigenvalue weighted by Crippen LogP contribution is 2.30. The molecule has 1 aliphatic rings. The summed E-state index contributed by atoms with van der Waals surface area (Å²) >= 11 is 0. The molecule has 1 amide bonds. The fourth-order valence-electron chi connectivity index (χ4n) is 2.81. The molecule has 28 heavy (non-hydrogen) atoms. The van der Waals surface area contributed by atoms with Crippen molar-refractivity contribution < 1.29 is 33.3 Å². The lowest BCUT2D eigenvalue weighted by Crippen LogP contribution is -2.41. The normalized spacial score (nSPS) is 14.6. The van der Waals surface area contributed by atoms with Crippen LogP contribution in [0.1, 0.15) is 25.3 Å². The number of rotatable bonds is 6. The van der Waals surface area contributed by atoms with Gasteiger partial charge < -0.3 is 23.8 Å². The van der Waals surface area contributed by atoms with E-state index in [2.05, 4.69) is 4.74 Å². The van der Waals surface area contributed by atoms with Gasteiger partial charge in [0.15, 0.2) is 11.5 Å². The zero-order chi connectivity index (χ0) is 20.5. The van der Waals surface area contributed by atoms with E-state index in [1.165, 1.54) is 20.3 Å². The lowest BCUT2D eigenvalue weighted by Gasteiger charge is -2.30. The first-order valence-electron chi connectivity index (χ1n) is 9.06. The zero-order valence-electron chi connectivity index (χ0n) is 16.3. The Morgan fingerprint density at radius 3 is 2.46 bits per heavy atom. The molecule has 0 aliphatic carbocycles. The third kappa shape index (κ3) is 5.73. The quantitative estimate of drug-likeness (QED) is 0.418. The second-order valence-electron chi connectivity index (χ2n) is 6.15. The molecule has 0 radical (unpaired) electrons. The first kappa shape index (κ1) is 21.3. The van der Waals surface area contributed by atoms with Crippen LogP contribution >= 0.6 is 0 Å². The monoisotopic (exact) mass is 391 g/mol. The van der Waals surface area contributed by atoms with Crippen molar-refractivity contribution in [1.29, 1.82) is 0 Å². The number of carbonyl (C=O) groups is 3. The molecule has 2 rings (SSSR count). The molecule has 1 fully saturated rings. The van der Waals surface area contributed by atoms with E-state index in [-0.39, 0.29) is 18.0 Å². The van der Waals surface area contributed by atoms with Crippen LogP contribution in [0.25, 0.3) is 6.08 Å². The number of esters is 2. The van der Waals surface area contributed by atoms with Crippen LogP contribution in [0.3, 0.4) is 0 Å². The molecule has 1 heterocycles. The van der Waals surface area contributed by atoms with E-state index < -0.39 is 5.97 Å². The third-order valence-corrected chi connectivity index (χ3v) is 4.37. The molecule has 8 heteroatoms. The van der Waals surface area contributed by atoms with Gasteiger partial charge in [-0.1, -0.05) is 6.07 Å². The van der Waals surface area contributed by atoms with Crippen molar-refractivity contribution in [1.82, 2.24) is 4.90 Å². The van der Waals surface area contributed by atoms with Gasteiger partial charge in [0.25, 0.3) is 0 Å². The van der Waals surface area contributed by atoms with E-state index in [0.29, 0.717) is 49.6 Å². The predicted octanol–water partition coefficient (Wildman–Crippen LogP) is 2.66. The highest BCUT2D eigenvalue weighted by Gasteiger charge is 2.29. The fourth-order valence-corrected chi connectivity index (χ4v) is 2.81. The molecule has 0 spiro atoms. The summed E-state index contributed by atoms with van der Waals surface area (Å²) in [7, 11) is 2.77. The number of piperidine rings is 1. The minimum atomic E-state index is -0.469. The Labute approximate surface area is 164 Å². The molecule has 1 aliphatic heterocycles. The van der Waals surface area contributed by atoms with Crippen LogP contribution in [0.5, 0.6) is 11.5 Å². The van der Waals surface area contributed by atoms with Crippen molar-refractivity contribution in [3.05, 3.63) is 29.8 Å². The average Bonchev–Trinajstić information content (AvgIpc) is 2.72. The highest BCUT2D eigenvalue weighted by atomic mass is 16.6. The third-order valence-electron chi connectivity index (χ3n) is 4.37. The summed E-state index contributed by atoms with van der Waals surface area (Å²) in [5, 5.41) is 0. The van der Waals surface area contributed by atoms with Crippen LogP contribution in [0.15, 0.2) is 24.3 Å². The van der Waals surface area contributed by atoms with E-state index in [1.54, 1.807) is 36.1 Å². The van der Waals surface area contributed by atoms with Gasteiger partial charge in [0.05, 0.1) is 26.7 Å². The molecule has 0 bridgehead atoms. The summed E-state index contributed by atoms with van der Waals surface area (Å²) in [5.74, 6) is -0.447. The first-order valence-corrected chi connectivity index (χ1v) is 9.06. The standard InChI is InChI=1S/C20H25NO7/c1-4-27-20(24)21-11-9-15(10-12-21)19(23)28-16-7-5-14(13-17(16)25-2)6-8-18(22)26-3/h5-8,13,15H,4,9-12H2,1-3H3/b8-6+. The van der Waals surface area contributed by atoms with Crippen molar-refractivity contribution in [2.75, 3.05) is 33.9 Å². The van der Waals surface area contributed by atoms with Gasteiger partial charge >= 0.3 is 18.0 Å². The molecule has 1 aromatic carbocycles. The average molecular weight is 391 g/mol. The summed E-state index contributed by atoms with van der Waals surface area (Å²) in [6, 6.07) is 4.97. The van der Waals surface area contributed by atoms with Crippen LogP contribution in [-0.2, 0) is 19.1 Å². The number of nitrogens with zero attached hydrogens (tertiary/aromatic N) is 1. The molecule has 0 aromatic heterocycles. The van der Waals surface area contributed by atoms with Crippen molar-refractivity contribution in [3.8, 4) is 11.5 Å². The largest absolute Gasteiger partial charge is 0.493 e. The number of carbonyl (C=O) groups excluding carboxylic acids is 3. The van der Waals surface area contributed by atoms with Gasteiger partial charge in [-0.2, -0.15) is 0 Å². The van der Waals surface area contributed by atoms with Crippen LogP contribution in [0.4, 0.5) is 4.79 Å². The minimum Gasteiger partial charge on any atom is -0.493 e. The van der Waals surface area contributed by atoms with E-state index in [9.17, 15) is 14.4 Å². The number of methoxy groups -OCH3 is 2. The van der Waals surface area contributed by atoms with Gasteiger partial charge in [-0.25, -0.2) is 9.59 Å². The van der Waals surface area contributed by atoms with E-state index in [4.69, 9.17) is 14.2 Å². The van der Waals surface area contributed by atoms with E-state index in [0.717, 1.165) is 0 Å². The number of ether oxygens (including phenoxy) is 4. The molecule has 0 N–H and O–H groups in total. The maximum atomic E-state index is 12.5. The summed E-state index contributed by atoms with van der Waals surface area (Å²) in [6.45, 7) is 2.98. The Hall–Kier alpha value is -3.03. The lowest BCUT2D eigenvalue weighted by atomic mass is 9.97. The first-order chi connectivity index (χ1) is 13.5. The maximum Gasteiger partial charge on any atom is 0.409 e. The predicted molar refractivity (Wildman–Crippen MR) is 101 cm³/mol. The van der Waals surface area contributed by atoms with Crippen LogP contribution in [0.2, 0.25) is 0 Å². The molecular formula is C20H25NO7. The Kier molecular flexibility index (Phi) is 7.86. The Morgan fingerprint density at radius 2 is 1.86 bits per heavy atom. The SMILES string of the molecule is CCOC(=O)N1CCC(C(=O)Oc2ccc(/C=C/C(=O)OC)cc2OC)CC1. The Morgan fingerprint density at radius 1 is 1.14 bits per heavy atom. The second kappa shape index (κ2) is 10.3. The molecule has 0 saturated carbocycles. The molecule has 1 saturated heterocycles. The summed E-state index contributed by atoms with van der Waals surface area (Å²) in [6.07, 6.45) is 3.54. The Bertz CT molecular complexity index is 736. The van der Waals surface area contributed by atoms with Gasteiger partial charge in [0.1, 0.15) is 0 Å². The molecule has 0 atom stereocenters. The zero-order valence-corrected chi connectivity index (χ0v) is 16.3. The minimum absolute atomic E-state index is 0.297. The number of hydrogen-bond donors (Lipinski definition) is 0. The lowest BCUT2D eigenvalue weighted by molar-refractivity contribution is -0.140. The number of hydrogen-bond acceptors (Lipinski definition) is 7. The molecule has 0 unspecified atom stereocenters. The second-order valence-corrected chi connectivity index (χ2v) is 6.15. The van der Waals surface area contributed by atoms with Crippen LogP contribution in [0, 0.1) is 5.92 Å². The van der Waals surface area contributed by atoms with Crippen molar-refractivity contribution >= 4 is 24.1 Å². The molecule has 152 valence electrons. The van der Waals surface area contributed by atoms with Crippen molar-refractivity contribution in [3.63, 3.8) is 0 Å². The molecule has 1 aromatic rings. The maximum absolute atomic E-state index is 12.5. The van der Waals surface area contributed by atoms with Gasteiger partial charge in [0.2, 0.25) is 0 Å². The summed E-state index contributed by atoms with van der Waals surface area (Å²) in [5.41, 5.74) is 0.699. The molecular weight excluding hydrogens is 366 g/mol. The Balaban J connectivity index is 1.97. The van der Waals surface area contributed by atoms with Crippen molar-refractivity contribution in [2.45, 2.75) is 19.8 Å². The smallest absolute Gasteiger partial charge is 0.409 e. The van der Waals surface area contributed by atoms with Crippen LogP contribution in [-0.4, -0.2) is 56.8 Å². The van der Waals surface area contributed by atoms with E-state index in [1.807, 2.05) is 0 Å². The highest BCUT2D eigenvalue weighted by molar-refractivity contribution is 5.87. The van der Waals surface area contributed by atoms with Gasteiger partial charge in [-0.05, 0) is 43.5 Å². The molecule has 8 nitrogen and oxygen atoms in total. The van der Waals surface area contributed by atoms with Gasteiger partial charge in [0, 0.05) is 19.2 Å².